The van der Waals surface area contributed by atoms with E-state index in [0.717, 1.165) is 12.8 Å². The van der Waals surface area contributed by atoms with E-state index in [-0.39, 0.29) is 29.6 Å². The summed E-state index contributed by atoms with van der Waals surface area (Å²) in [5.41, 5.74) is 0. The van der Waals surface area contributed by atoms with Gasteiger partial charge in [-0.05, 0) is 30.6 Å². The first kappa shape index (κ1) is 30.9. The van der Waals surface area contributed by atoms with Crippen LogP contribution in [-0.2, 0) is 19.2 Å². The summed E-state index contributed by atoms with van der Waals surface area (Å²) in [6.45, 7) is 11.2. The summed E-state index contributed by atoms with van der Waals surface area (Å²) in [5, 5.41) is 22.8. The van der Waals surface area contributed by atoms with Crippen molar-refractivity contribution >= 4 is 29.7 Å². The van der Waals surface area contributed by atoms with Gasteiger partial charge in [0.15, 0.2) is 0 Å². The molecule has 0 bridgehead atoms. The van der Waals surface area contributed by atoms with Crippen molar-refractivity contribution in [2.24, 2.45) is 17.8 Å². The van der Waals surface area contributed by atoms with Gasteiger partial charge in [-0.25, -0.2) is 9.59 Å². The van der Waals surface area contributed by atoms with E-state index < -0.39 is 42.1 Å². The van der Waals surface area contributed by atoms with Gasteiger partial charge in [-0.1, -0.05) is 60.5 Å². The molecule has 5 amide bonds. The lowest BCUT2D eigenvalue weighted by Gasteiger charge is -2.28. The van der Waals surface area contributed by atoms with Crippen molar-refractivity contribution in [3.8, 4) is 0 Å². The summed E-state index contributed by atoms with van der Waals surface area (Å²) in [6.07, 6.45) is 5.61. The van der Waals surface area contributed by atoms with Gasteiger partial charge in [-0.3, -0.25) is 14.4 Å². The number of aliphatic carboxylic acids is 1. The van der Waals surface area contributed by atoms with Crippen LogP contribution in [0.15, 0.2) is 12.2 Å². The Morgan fingerprint density at radius 2 is 1.56 bits per heavy atom. The number of carboxylic acids is 1. The second kappa shape index (κ2) is 15.1. The monoisotopic (exact) mass is 509 g/mol. The minimum absolute atomic E-state index is 0.0105. The van der Waals surface area contributed by atoms with Crippen molar-refractivity contribution in [3.63, 3.8) is 0 Å². The van der Waals surface area contributed by atoms with E-state index in [4.69, 9.17) is 0 Å². The molecule has 0 saturated carbocycles. The number of hydrogen-bond acceptors (Lipinski definition) is 5. The topological polar surface area (TPSA) is 166 Å². The summed E-state index contributed by atoms with van der Waals surface area (Å²) < 4.78 is 0. The number of urea groups is 1. The molecule has 0 aromatic heterocycles. The third-order valence-corrected chi connectivity index (χ3v) is 6.04. The lowest BCUT2D eigenvalue weighted by atomic mass is 10.00. The maximum absolute atomic E-state index is 13.2. The van der Waals surface area contributed by atoms with Crippen molar-refractivity contribution in [2.75, 3.05) is 6.54 Å². The largest absolute Gasteiger partial charge is 0.480 e. The fraction of sp³-hybridized carbons (Fsp3) is 0.720. The molecule has 1 heterocycles. The zero-order valence-corrected chi connectivity index (χ0v) is 22.2. The number of hydrogen-bond donors (Lipinski definition) is 6. The quantitative estimate of drug-likeness (QED) is 0.288. The Bertz CT molecular complexity index is 811. The van der Waals surface area contributed by atoms with Gasteiger partial charge in [0.05, 0.1) is 0 Å². The molecular weight excluding hydrogens is 466 g/mol. The number of carboxylic acid groups (broad SMARTS) is 1. The highest BCUT2D eigenvalue weighted by atomic mass is 16.4. The van der Waals surface area contributed by atoms with Crippen LogP contribution < -0.4 is 26.6 Å². The van der Waals surface area contributed by atoms with Gasteiger partial charge < -0.3 is 31.7 Å². The molecule has 0 aliphatic carbocycles. The summed E-state index contributed by atoms with van der Waals surface area (Å²) in [4.78, 5) is 62.2. The van der Waals surface area contributed by atoms with Crippen molar-refractivity contribution in [1.29, 1.82) is 0 Å². The number of carbonyl (C=O) groups is 5. The smallest absolute Gasteiger partial charge is 0.326 e. The number of rotatable bonds is 8. The maximum atomic E-state index is 13.2. The van der Waals surface area contributed by atoms with Gasteiger partial charge in [-0.2, -0.15) is 0 Å². The van der Waals surface area contributed by atoms with E-state index in [1.165, 1.54) is 6.08 Å². The molecule has 1 aliphatic rings. The summed E-state index contributed by atoms with van der Waals surface area (Å²) >= 11 is 0. The first-order valence-electron chi connectivity index (χ1n) is 12.7. The standard InChI is InChI=1S/C25H43N5O6/c1-14(2)17-11-12-19(31)26-13-9-7-8-10-18(22(32)27-17)28-23(33)20(15(3)4)29-25(36)30-21(16(5)6)24(34)35/h11-12,14-18,20-21H,7-10,13H2,1-6H3,(H,26,31)(H,27,32)(H,28,33)(H,34,35)(H2,29,30,36)/b12-11+/t17-,18+,20+,21+/m1/s1. The normalized spacial score (nSPS) is 22.2. The van der Waals surface area contributed by atoms with Gasteiger partial charge in [0.2, 0.25) is 17.7 Å². The van der Waals surface area contributed by atoms with Crippen LogP contribution in [0.4, 0.5) is 4.79 Å². The van der Waals surface area contributed by atoms with Crippen molar-refractivity contribution in [3.05, 3.63) is 12.2 Å². The van der Waals surface area contributed by atoms with Gasteiger partial charge in [0.1, 0.15) is 18.1 Å². The van der Waals surface area contributed by atoms with Gasteiger partial charge in [-0.15, -0.1) is 0 Å². The zero-order chi connectivity index (χ0) is 27.4. The first-order valence-corrected chi connectivity index (χ1v) is 12.7. The van der Waals surface area contributed by atoms with Gasteiger partial charge in [0.25, 0.3) is 0 Å². The van der Waals surface area contributed by atoms with Crippen LogP contribution in [0.5, 0.6) is 0 Å². The lowest BCUT2D eigenvalue weighted by Crippen LogP contribution is -2.59. The van der Waals surface area contributed by atoms with Crippen LogP contribution in [0, 0.1) is 17.8 Å². The third kappa shape index (κ3) is 10.7. The predicted molar refractivity (Wildman–Crippen MR) is 136 cm³/mol. The number of nitrogens with one attached hydrogen (secondary N) is 5. The molecule has 0 spiro atoms. The molecule has 0 aromatic rings. The summed E-state index contributed by atoms with van der Waals surface area (Å²) in [6, 6.07) is -4.09. The lowest BCUT2D eigenvalue weighted by molar-refractivity contribution is -0.140. The van der Waals surface area contributed by atoms with E-state index >= 15 is 0 Å². The van der Waals surface area contributed by atoms with Crippen molar-refractivity contribution in [2.45, 2.75) is 91.4 Å². The minimum Gasteiger partial charge on any atom is -0.480 e. The number of carbonyl (C=O) groups excluding carboxylic acids is 4. The maximum Gasteiger partial charge on any atom is 0.326 e. The highest BCUT2D eigenvalue weighted by molar-refractivity contribution is 5.93. The Labute approximate surface area is 213 Å². The fourth-order valence-electron chi connectivity index (χ4n) is 3.72. The first-order chi connectivity index (χ1) is 16.8. The highest BCUT2D eigenvalue weighted by Gasteiger charge is 2.31. The Morgan fingerprint density at radius 1 is 0.944 bits per heavy atom. The molecule has 0 fully saturated rings. The van der Waals surface area contributed by atoms with Gasteiger partial charge in [0, 0.05) is 18.7 Å². The van der Waals surface area contributed by atoms with Crippen LogP contribution >= 0.6 is 0 Å². The SMILES string of the molecule is CC(C)[C@H](NC(=O)N[C@H](C(=O)N[C@H]1CCCCCNC(=O)/C=C/[C@H](C(C)C)NC1=O)C(C)C)C(=O)O. The van der Waals surface area contributed by atoms with E-state index in [1.54, 1.807) is 33.8 Å². The second-order valence-electron chi connectivity index (χ2n) is 10.2. The molecule has 36 heavy (non-hydrogen) atoms. The highest BCUT2D eigenvalue weighted by Crippen LogP contribution is 2.10. The average molecular weight is 510 g/mol. The third-order valence-electron chi connectivity index (χ3n) is 6.04. The summed E-state index contributed by atoms with van der Waals surface area (Å²) in [5.74, 6) is -2.95. The van der Waals surface area contributed by atoms with Crippen LogP contribution in [0.25, 0.3) is 0 Å². The van der Waals surface area contributed by atoms with Crippen molar-refractivity contribution in [1.82, 2.24) is 26.6 Å². The Hall–Kier alpha value is -3.11. The van der Waals surface area contributed by atoms with Crippen LogP contribution in [0.3, 0.4) is 0 Å². The van der Waals surface area contributed by atoms with Gasteiger partial charge >= 0.3 is 12.0 Å². The molecular formula is C25H43N5O6. The molecule has 11 nitrogen and oxygen atoms in total. The summed E-state index contributed by atoms with van der Waals surface area (Å²) in [7, 11) is 0. The van der Waals surface area contributed by atoms with Crippen molar-refractivity contribution < 1.29 is 29.1 Å². The van der Waals surface area contributed by atoms with Crippen LogP contribution in [0.1, 0.15) is 67.2 Å². The second-order valence-corrected chi connectivity index (χ2v) is 10.2. The van der Waals surface area contributed by atoms with E-state index in [9.17, 15) is 29.1 Å². The Balaban J connectivity index is 3.00. The molecule has 204 valence electrons. The van der Waals surface area contributed by atoms with E-state index in [1.807, 2.05) is 13.8 Å². The minimum atomic E-state index is -1.17. The molecule has 0 aromatic carbocycles. The molecule has 11 heteroatoms. The molecule has 1 aliphatic heterocycles. The molecule has 0 radical (unpaired) electrons. The molecule has 4 atom stereocenters. The number of amides is 5. The van der Waals surface area contributed by atoms with Crippen LogP contribution in [0.2, 0.25) is 0 Å². The fourth-order valence-corrected chi connectivity index (χ4v) is 3.72. The average Bonchev–Trinajstić information content (AvgIpc) is 2.79. The molecule has 6 N–H and O–H groups in total. The molecule has 0 saturated heterocycles. The molecule has 0 unspecified atom stereocenters. The van der Waals surface area contributed by atoms with E-state index in [0.29, 0.717) is 19.4 Å². The van der Waals surface area contributed by atoms with E-state index in [2.05, 4.69) is 26.6 Å². The Morgan fingerprint density at radius 3 is 2.11 bits per heavy atom. The zero-order valence-electron chi connectivity index (χ0n) is 22.2. The van der Waals surface area contributed by atoms with Crippen LogP contribution in [-0.4, -0.2) is 65.5 Å². The molecule has 1 rings (SSSR count). The Kier molecular flexibility index (Phi) is 13.0. The predicted octanol–water partition coefficient (Wildman–Crippen LogP) is 1.29.